The Bertz CT molecular complexity index is 325. The number of nitrogens with one attached hydrogen (secondary N) is 1. The Hall–Kier alpha value is -0.610. The predicted octanol–water partition coefficient (Wildman–Crippen LogP) is 2.03. The molecule has 1 aliphatic heterocycles. The van der Waals surface area contributed by atoms with Crippen LogP contribution in [0.4, 0.5) is 5.82 Å². The lowest BCUT2D eigenvalue weighted by Crippen LogP contribution is -2.57. The normalized spacial score (nSPS) is 16.1. The molecule has 1 N–H and O–H groups in total. The molecule has 1 aromatic rings. The van der Waals surface area contributed by atoms with Crippen molar-refractivity contribution in [1.82, 2.24) is 10.3 Å². The lowest BCUT2D eigenvalue weighted by atomic mass is 10.1. The molecule has 2 heterocycles. The summed E-state index contributed by atoms with van der Waals surface area (Å²) in [7, 11) is 0. The summed E-state index contributed by atoms with van der Waals surface area (Å²) in [5.74, 6) is 1.07. The van der Waals surface area contributed by atoms with E-state index in [1.165, 1.54) is 0 Å². The first-order chi connectivity index (χ1) is 7.33. The standard InChI is InChI=1S/C11H16BrN3/c1-2-6-15(9-7-13-8-9)11-10(12)4-3-5-14-11/h3-5,9,13H,2,6-8H2,1H3. The molecule has 0 aliphatic carbocycles. The highest BCUT2D eigenvalue weighted by Gasteiger charge is 2.25. The van der Waals surface area contributed by atoms with Crippen molar-refractivity contribution < 1.29 is 0 Å². The van der Waals surface area contributed by atoms with Gasteiger partial charge >= 0.3 is 0 Å². The Morgan fingerprint density at radius 3 is 2.93 bits per heavy atom. The Balaban J connectivity index is 2.19. The van der Waals surface area contributed by atoms with Crippen LogP contribution in [0.1, 0.15) is 13.3 Å². The van der Waals surface area contributed by atoms with E-state index in [1.54, 1.807) is 0 Å². The molecule has 82 valence electrons. The number of halogens is 1. The van der Waals surface area contributed by atoms with E-state index in [9.17, 15) is 0 Å². The maximum absolute atomic E-state index is 4.45. The minimum absolute atomic E-state index is 0.608. The summed E-state index contributed by atoms with van der Waals surface area (Å²) in [5.41, 5.74) is 0. The molecule has 0 bridgehead atoms. The first kappa shape index (κ1) is 10.9. The predicted molar refractivity (Wildman–Crippen MR) is 66.2 cm³/mol. The van der Waals surface area contributed by atoms with Crippen LogP contribution in [0, 0.1) is 0 Å². The average Bonchev–Trinajstić information content (AvgIpc) is 2.15. The number of anilines is 1. The van der Waals surface area contributed by atoms with Crippen molar-refractivity contribution in [2.75, 3.05) is 24.5 Å². The lowest BCUT2D eigenvalue weighted by molar-refractivity contribution is 0.410. The molecule has 0 spiro atoms. The highest BCUT2D eigenvalue weighted by molar-refractivity contribution is 9.10. The van der Waals surface area contributed by atoms with Crippen molar-refractivity contribution in [3.05, 3.63) is 22.8 Å². The van der Waals surface area contributed by atoms with Crippen LogP contribution < -0.4 is 10.2 Å². The van der Waals surface area contributed by atoms with Gasteiger partial charge < -0.3 is 10.2 Å². The Morgan fingerprint density at radius 1 is 1.60 bits per heavy atom. The van der Waals surface area contributed by atoms with Crippen LogP contribution >= 0.6 is 15.9 Å². The summed E-state index contributed by atoms with van der Waals surface area (Å²) in [5, 5.41) is 3.30. The van der Waals surface area contributed by atoms with E-state index in [4.69, 9.17) is 0 Å². The van der Waals surface area contributed by atoms with Crippen LogP contribution in [0.3, 0.4) is 0 Å². The third-order valence-corrected chi connectivity index (χ3v) is 3.30. The average molecular weight is 270 g/mol. The van der Waals surface area contributed by atoms with E-state index in [0.29, 0.717) is 6.04 Å². The van der Waals surface area contributed by atoms with E-state index < -0.39 is 0 Å². The molecule has 3 nitrogen and oxygen atoms in total. The van der Waals surface area contributed by atoms with Gasteiger partial charge in [-0.2, -0.15) is 0 Å². The van der Waals surface area contributed by atoms with Crippen molar-refractivity contribution in [2.24, 2.45) is 0 Å². The van der Waals surface area contributed by atoms with Crippen LogP contribution in [0.2, 0.25) is 0 Å². The molecule has 0 unspecified atom stereocenters. The molecule has 1 aromatic heterocycles. The van der Waals surface area contributed by atoms with Crippen LogP contribution in [0.15, 0.2) is 22.8 Å². The SMILES string of the molecule is CCCN(c1ncccc1Br)C1CNC1. The van der Waals surface area contributed by atoms with Gasteiger partial charge in [-0.3, -0.25) is 0 Å². The molecule has 1 aliphatic rings. The summed E-state index contributed by atoms with van der Waals surface area (Å²) < 4.78 is 1.09. The van der Waals surface area contributed by atoms with Crippen LogP contribution in [0.5, 0.6) is 0 Å². The molecule has 2 rings (SSSR count). The molecule has 0 aromatic carbocycles. The van der Waals surface area contributed by atoms with Crippen LogP contribution in [-0.2, 0) is 0 Å². The fraction of sp³-hybridized carbons (Fsp3) is 0.545. The van der Waals surface area contributed by atoms with E-state index in [2.05, 4.69) is 44.1 Å². The largest absolute Gasteiger partial charge is 0.350 e. The van der Waals surface area contributed by atoms with Crippen molar-refractivity contribution in [3.63, 3.8) is 0 Å². The molecule has 0 radical (unpaired) electrons. The van der Waals surface area contributed by atoms with Gasteiger partial charge in [-0.1, -0.05) is 6.92 Å². The number of pyridine rings is 1. The molecule has 0 atom stereocenters. The number of hydrogen-bond acceptors (Lipinski definition) is 3. The van der Waals surface area contributed by atoms with Gasteiger partial charge in [-0.05, 0) is 34.5 Å². The summed E-state index contributed by atoms with van der Waals surface area (Å²) in [6.45, 7) is 5.42. The van der Waals surface area contributed by atoms with Gasteiger partial charge in [-0.15, -0.1) is 0 Å². The maximum Gasteiger partial charge on any atom is 0.143 e. The van der Waals surface area contributed by atoms with Gasteiger partial charge in [0.15, 0.2) is 0 Å². The second kappa shape index (κ2) is 4.94. The second-order valence-electron chi connectivity index (χ2n) is 3.81. The zero-order valence-corrected chi connectivity index (χ0v) is 10.5. The Labute approximate surface area is 99.0 Å². The van der Waals surface area contributed by atoms with Crippen molar-refractivity contribution in [1.29, 1.82) is 0 Å². The highest BCUT2D eigenvalue weighted by atomic mass is 79.9. The fourth-order valence-electron chi connectivity index (χ4n) is 1.78. The number of hydrogen-bond donors (Lipinski definition) is 1. The monoisotopic (exact) mass is 269 g/mol. The zero-order chi connectivity index (χ0) is 10.7. The molecule has 15 heavy (non-hydrogen) atoms. The molecule has 4 heteroatoms. The molecule has 0 amide bonds. The van der Waals surface area contributed by atoms with Gasteiger partial charge in [0.1, 0.15) is 5.82 Å². The maximum atomic E-state index is 4.45. The first-order valence-corrected chi connectivity index (χ1v) is 6.20. The third kappa shape index (κ3) is 2.32. The van der Waals surface area contributed by atoms with E-state index in [0.717, 1.165) is 36.3 Å². The van der Waals surface area contributed by atoms with E-state index in [-0.39, 0.29) is 0 Å². The summed E-state index contributed by atoms with van der Waals surface area (Å²) in [4.78, 5) is 6.84. The minimum atomic E-state index is 0.608. The van der Waals surface area contributed by atoms with Crippen LogP contribution in [-0.4, -0.2) is 30.7 Å². The minimum Gasteiger partial charge on any atom is -0.350 e. The molecular formula is C11H16BrN3. The summed E-state index contributed by atoms with van der Waals surface area (Å²) in [6.07, 6.45) is 3.01. The number of nitrogens with zero attached hydrogens (tertiary/aromatic N) is 2. The zero-order valence-electron chi connectivity index (χ0n) is 8.91. The molecule has 1 fully saturated rings. The van der Waals surface area contributed by atoms with Gasteiger partial charge in [0, 0.05) is 25.8 Å². The smallest absolute Gasteiger partial charge is 0.143 e. The van der Waals surface area contributed by atoms with Crippen molar-refractivity contribution >= 4 is 21.7 Å². The molecule has 0 saturated carbocycles. The van der Waals surface area contributed by atoms with Crippen molar-refractivity contribution in [2.45, 2.75) is 19.4 Å². The first-order valence-electron chi connectivity index (χ1n) is 5.40. The quantitative estimate of drug-likeness (QED) is 0.907. The Morgan fingerprint density at radius 2 is 2.40 bits per heavy atom. The van der Waals surface area contributed by atoms with E-state index in [1.807, 2.05) is 12.3 Å². The molecular weight excluding hydrogens is 254 g/mol. The van der Waals surface area contributed by atoms with Gasteiger partial charge in [0.25, 0.3) is 0 Å². The fourth-order valence-corrected chi connectivity index (χ4v) is 2.27. The highest BCUT2D eigenvalue weighted by Crippen LogP contribution is 2.25. The topological polar surface area (TPSA) is 28.2 Å². The molecule has 1 saturated heterocycles. The van der Waals surface area contributed by atoms with E-state index >= 15 is 0 Å². The summed E-state index contributed by atoms with van der Waals surface area (Å²) >= 11 is 3.56. The Kier molecular flexibility index (Phi) is 3.59. The van der Waals surface area contributed by atoms with Crippen molar-refractivity contribution in [3.8, 4) is 0 Å². The number of rotatable bonds is 4. The third-order valence-electron chi connectivity index (χ3n) is 2.68. The van der Waals surface area contributed by atoms with Crippen LogP contribution in [0.25, 0.3) is 0 Å². The van der Waals surface area contributed by atoms with Gasteiger partial charge in [0.05, 0.1) is 10.5 Å². The lowest BCUT2D eigenvalue weighted by Gasteiger charge is -2.39. The summed E-state index contributed by atoms with van der Waals surface area (Å²) in [6, 6.07) is 4.62. The van der Waals surface area contributed by atoms with Gasteiger partial charge in [-0.25, -0.2) is 4.98 Å². The number of aromatic nitrogens is 1. The second-order valence-corrected chi connectivity index (χ2v) is 4.67. The van der Waals surface area contributed by atoms with Gasteiger partial charge in [0.2, 0.25) is 0 Å².